The molecule has 2 nitrogen and oxygen atoms in total. The summed E-state index contributed by atoms with van der Waals surface area (Å²) in [5.41, 5.74) is 2.30. The number of benzene rings is 2. The molecule has 0 bridgehead atoms. The summed E-state index contributed by atoms with van der Waals surface area (Å²) < 4.78 is 0.810. The topological polar surface area (TPSA) is 29.1 Å². The second-order valence-electron chi connectivity index (χ2n) is 4.21. The highest BCUT2D eigenvalue weighted by atomic mass is 79.9. The Morgan fingerprint density at radius 3 is 2.50 bits per heavy atom. The highest BCUT2D eigenvalue weighted by Gasteiger charge is 2.11. The lowest BCUT2D eigenvalue weighted by atomic mass is 10.1. The lowest BCUT2D eigenvalue weighted by Crippen LogP contribution is -2.12. The number of anilines is 1. The van der Waals surface area contributed by atoms with E-state index in [9.17, 15) is 4.79 Å². The molecule has 2 aromatic carbocycles. The molecule has 0 saturated carbocycles. The van der Waals surface area contributed by atoms with Gasteiger partial charge in [-0.05, 0) is 42.3 Å². The zero-order valence-electron chi connectivity index (χ0n) is 10.5. The van der Waals surface area contributed by atoms with Crippen LogP contribution in [0.15, 0.2) is 46.9 Å². The minimum atomic E-state index is -0.235. The third-order valence-electron chi connectivity index (χ3n) is 2.77. The predicted molar refractivity (Wildman–Crippen MR) is 88.0 cm³/mol. The molecule has 0 saturated heterocycles. The Kier molecular flexibility index (Phi) is 5.46. The molecule has 0 aliphatic carbocycles. The van der Waals surface area contributed by atoms with Crippen LogP contribution in [-0.2, 0) is 6.42 Å². The van der Waals surface area contributed by atoms with Gasteiger partial charge in [-0.15, -0.1) is 11.6 Å². The molecule has 0 heterocycles. The van der Waals surface area contributed by atoms with Crippen molar-refractivity contribution in [1.29, 1.82) is 0 Å². The molecular weight excluding hydrogens is 361 g/mol. The van der Waals surface area contributed by atoms with Crippen LogP contribution in [0, 0.1) is 0 Å². The van der Waals surface area contributed by atoms with Crippen LogP contribution in [0.2, 0.25) is 5.02 Å². The Balaban J connectivity index is 2.13. The first-order valence-electron chi connectivity index (χ1n) is 6.01. The molecule has 5 heteroatoms. The van der Waals surface area contributed by atoms with Crippen molar-refractivity contribution in [3.8, 4) is 0 Å². The number of aryl methyl sites for hydroxylation is 1. The maximum absolute atomic E-state index is 12.2. The number of alkyl halides is 1. The lowest BCUT2D eigenvalue weighted by Gasteiger charge is -2.08. The fourth-order valence-corrected chi connectivity index (χ4v) is 2.52. The molecule has 2 aromatic rings. The molecule has 1 amide bonds. The summed E-state index contributed by atoms with van der Waals surface area (Å²) in [7, 11) is 0. The summed E-state index contributed by atoms with van der Waals surface area (Å²) in [6.45, 7) is 0. The first-order valence-corrected chi connectivity index (χ1v) is 7.72. The number of amides is 1. The molecule has 104 valence electrons. The second-order valence-corrected chi connectivity index (χ2v) is 5.92. The van der Waals surface area contributed by atoms with E-state index in [2.05, 4.69) is 21.2 Å². The third kappa shape index (κ3) is 3.98. The van der Waals surface area contributed by atoms with E-state index in [1.54, 1.807) is 18.2 Å². The zero-order chi connectivity index (χ0) is 14.5. The molecule has 0 atom stereocenters. The number of carbonyl (C=O) groups is 1. The Morgan fingerprint density at radius 2 is 1.85 bits per heavy atom. The van der Waals surface area contributed by atoms with Crippen molar-refractivity contribution in [2.45, 2.75) is 6.42 Å². The quantitative estimate of drug-likeness (QED) is 0.740. The standard InChI is InChI=1S/C15H12BrCl2NO/c16-11-3-6-14(18)13(9-11)15(20)19-12-4-1-10(2-5-12)7-8-17/h1-6,9H,7-8H2,(H,19,20). The average molecular weight is 373 g/mol. The third-order valence-corrected chi connectivity index (χ3v) is 3.78. The maximum atomic E-state index is 12.2. The van der Waals surface area contributed by atoms with Gasteiger partial charge in [0.15, 0.2) is 0 Å². The Hall–Kier alpha value is -1.03. The molecule has 0 radical (unpaired) electrons. The van der Waals surface area contributed by atoms with Crippen LogP contribution >= 0.6 is 39.1 Å². The van der Waals surface area contributed by atoms with Crippen molar-refractivity contribution in [2.24, 2.45) is 0 Å². The van der Waals surface area contributed by atoms with Crippen LogP contribution in [0.4, 0.5) is 5.69 Å². The summed E-state index contributed by atoms with van der Waals surface area (Å²) in [6, 6.07) is 12.8. The van der Waals surface area contributed by atoms with E-state index in [-0.39, 0.29) is 5.91 Å². The van der Waals surface area contributed by atoms with Gasteiger partial charge >= 0.3 is 0 Å². The molecular formula is C15H12BrCl2NO. The van der Waals surface area contributed by atoms with Crippen LogP contribution in [0.5, 0.6) is 0 Å². The molecule has 1 N–H and O–H groups in total. The monoisotopic (exact) mass is 371 g/mol. The van der Waals surface area contributed by atoms with Crippen molar-refractivity contribution in [3.63, 3.8) is 0 Å². The summed E-state index contributed by atoms with van der Waals surface area (Å²) in [4.78, 5) is 12.2. The van der Waals surface area contributed by atoms with E-state index >= 15 is 0 Å². The van der Waals surface area contributed by atoms with Gasteiger partial charge in [-0.2, -0.15) is 0 Å². The minimum Gasteiger partial charge on any atom is -0.322 e. The van der Waals surface area contributed by atoms with Crippen LogP contribution < -0.4 is 5.32 Å². The molecule has 0 spiro atoms. The van der Waals surface area contributed by atoms with Gasteiger partial charge in [0.25, 0.3) is 5.91 Å². The largest absolute Gasteiger partial charge is 0.322 e. The Morgan fingerprint density at radius 1 is 1.15 bits per heavy atom. The Labute approximate surface area is 136 Å². The number of hydrogen-bond donors (Lipinski definition) is 1. The maximum Gasteiger partial charge on any atom is 0.257 e. The number of halogens is 3. The van der Waals surface area contributed by atoms with Gasteiger partial charge in [0.2, 0.25) is 0 Å². The number of hydrogen-bond acceptors (Lipinski definition) is 1. The number of nitrogens with one attached hydrogen (secondary N) is 1. The van der Waals surface area contributed by atoms with E-state index < -0.39 is 0 Å². The summed E-state index contributed by atoms with van der Waals surface area (Å²) in [5, 5.41) is 3.24. The van der Waals surface area contributed by atoms with Crippen molar-refractivity contribution >= 4 is 50.7 Å². The molecule has 0 unspecified atom stereocenters. The molecule has 0 aliphatic heterocycles. The molecule has 0 fully saturated rings. The van der Waals surface area contributed by atoms with Gasteiger partial charge in [-0.1, -0.05) is 39.7 Å². The molecule has 0 aromatic heterocycles. The lowest BCUT2D eigenvalue weighted by molar-refractivity contribution is 0.102. The highest BCUT2D eigenvalue weighted by molar-refractivity contribution is 9.10. The molecule has 2 rings (SSSR count). The van der Waals surface area contributed by atoms with Crippen LogP contribution in [0.25, 0.3) is 0 Å². The SMILES string of the molecule is O=C(Nc1ccc(CCCl)cc1)c1cc(Br)ccc1Cl. The molecule has 20 heavy (non-hydrogen) atoms. The van der Waals surface area contributed by atoms with Gasteiger partial charge in [-0.25, -0.2) is 0 Å². The van der Waals surface area contributed by atoms with E-state index in [1.165, 1.54) is 0 Å². The first kappa shape index (κ1) is 15.4. The fraction of sp³-hybridized carbons (Fsp3) is 0.133. The van der Waals surface area contributed by atoms with Crippen LogP contribution in [0.1, 0.15) is 15.9 Å². The van der Waals surface area contributed by atoms with Gasteiger partial charge < -0.3 is 5.32 Å². The summed E-state index contributed by atoms with van der Waals surface area (Å²) in [5.74, 6) is 0.348. The Bertz CT molecular complexity index is 614. The molecule has 0 aliphatic rings. The number of rotatable bonds is 4. The zero-order valence-corrected chi connectivity index (χ0v) is 13.6. The summed E-state index contributed by atoms with van der Waals surface area (Å²) in [6.07, 6.45) is 0.813. The van der Waals surface area contributed by atoms with Crippen molar-refractivity contribution in [2.75, 3.05) is 11.2 Å². The second kappa shape index (κ2) is 7.11. The highest BCUT2D eigenvalue weighted by Crippen LogP contribution is 2.22. The van der Waals surface area contributed by atoms with E-state index in [0.29, 0.717) is 16.5 Å². The average Bonchev–Trinajstić information content (AvgIpc) is 2.44. The van der Waals surface area contributed by atoms with Gasteiger partial charge in [0, 0.05) is 16.0 Å². The summed E-state index contributed by atoms with van der Waals surface area (Å²) >= 11 is 15.0. The van der Waals surface area contributed by atoms with E-state index in [4.69, 9.17) is 23.2 Å². The van der Waals surface area contributed by atoms with Gasteiger partial charge in [-0.3, -0.25) is 4.79 Å². The van der Waals surface area contributed by atoms with Crippen LogP contribution in [-0.4, -0.2) is 11.8 Å². The fourth-order valence-electron chi connectivity index (χ4n) is 1.73. The van der Waals surface area contributed by atoms with Crippen molar-refractivity contribution < 1.29 is 4.79 Å². The predicted octanol–water partition coefficient (Wildman–Crippen LogP) is 5.14. The smallest absolute Gasteiger partial charge is 0.257 e. The minimum absolute atomic E-state index is 0.235. The number of carbonyl (C=O) groups excluding carboxylic acids is 1. The van der Waals surface area contributed by atoms with Crippen molar-refractivity contribution in [3.05, 3.63) is 63.1 Å². The van der Waals surface area contributed by atoms with Gasteiger partial charge in [0.05, 0.1) is 10.6 Å². The van der Waals surface area contributed by atoms with E-state index in [0.717, 1.165) is 22.1 Å². The normalized spacial score (nSPS) is 10.3. The van der Waals surface area contributed by atoms with Crippen molar-refractivity contribution in [1.82, 2.24) is 0 Å². The first-order chi connectivity index (χ1) is 9.60. The van der Waals surface area contributed by atoms with Crippen LogP contribution in [0.3, 0.4) is 0 Å². The van der Waals surface area contributed by atoms with E-state index in [1.807, 2.05) is 24.3 Å². The van der Waals surface area contributed by atoms with Gasteiger partial charge in [0.1, 0.15) is 0 Å².